The fourth-order valence-corrected chi connectivity index (χ4v) is 1.64. The highest BCUT2D eigenvalue weighted by atomic mass is 16.5. The molecule has 0 bridgehead atoms. The van der Waals surface area contributed by atoms with Crippen molar-refractivity contribution < 1.29 is 9.76 Å². The van der Waals surface area contributed by atoms with E-state index in [1.807, 2.05) is 39.0 Å². The predicted molar refractivity (Wildman–Crippen MR) is 96.7 cm³/mol. The number of allylic oxidation sites excluding steroid dienone is 1. The molecule has 0 aliphatic heterocycles. The van der Waals surface area contributed by atoms with Crippen LogP contribution in [0.25, 0.3) is 10.8 Å². The maximum Gasteiger partial charge on any atom is 0.330 e. The Morgan fingerprint density at radius 2 is 1.59 bits per heavy atom. The number of hydrogen-bond donors (Lipinski definition) is 1. The molecule has 0 amide bonds. The van der Waals surface area contributed by atoms with Crippen molar-refractivity contribution in [3.8, 4) is 0 Å². The Balaban J connectivity index is 0.000000745. The summed E-state index contributed by atoms with van der Waals surface area (Å²) >= 11 is 0. The minimum Gasteiger partial charge on any atom is -0.427 e. The Hall–Kier alpha value is -1.58. The van der Waals surface area contributed by atoms with Gasteiger partial charge in [0.05, 0.1) is 11.2 Å². The Morgan fingerprint density at radius 3 is 2.14 bits per heavy atom. The zero-order valence-electron chi connectivity index (χ0n) is 14.3. The molecular weight excluding hydrogens is 271 g/mol. The van der Waals surface area contributed by atoms with Crippen molar-refractivity contribution in [2.75, 3.05) is 0 Å². The second kappa shape index (κ2) is 7.62. The van der Waals surface area contributed by atoms with E-state index in [4.69, 9.17) is 4.65 Å². The van der Waals surface area contributed by atoms with Crippen LogP contribution in [-0.2, 0) is 4.65 Å². The lowest BCUT2D eigenvalue weighted by Crippen LogP contribution is -2.49. The molecule has 0 aliphatic carbocycles. The molecule has 3 heteroatoms. The first-order valence-corrected chi connectivity index (χ1v) is 7.50. The van der Waals surface area contributed by atoms with Gasteiger partial charge in [0.2, 0.25) is 0 Å². The molecule has 0 saturated carbocycles. The first kappa shape index (κ1) is 18.5. The standard InChI is InChI=1S/C16H20BO2.C3H6/c1-15(2,18)16(3,4)19-17-14-10-9-12-7-5-6-8-13(12)11-14;1-3-2/h5-11,18H,1-4H3;3H,1H2,2H3. The maximum atomic E-state index is 10.1. The summed E-state index contributed by atoms with van der Waals surface area (Å²) in [5.74, 6) is 0. The van der Waals surface area contributed by atoms with E-state index in [0.29, 0.717) is 0 Å². The molecule has 0 atom stereocenters. The summed E-state index contributed by atoms with van der Waals surface area (Å²) in [6, 6.07) is 14.4. The number of benzene rings is 2. The van der Waals surface area contributed by atoms with Crippen molar-refractivity contribution in [2.45, 2.75) is 45.8 Å². The summed E-state index contributed by atoms with van der Waals surface area (Å²) in [7, 11) is 1.71. The summed E-state index contributed by atoms with van der Waals surface area (Å²) in [5, 5.41) is 12.4. The van der Waals surface area contributed by atoms with Gasteiger partial charge < -0.3 is 9.76 Å². The summed E-state index contributed by atoms with van der Waals surface area (Å²) in [6.45, 7) is 12.5. The number of hydrogen-bond acceptors (Lipinski definition) is 2. The molecule has 0 unspecified atom stereocenters. The van der Waals surface area contributed by atoms with Gasteiger partial charge in [-0.2, -0.15) is 0 Å². The Labute approximate surface area is 135 Å². The fraction of sp³-hybridized carbons (Fsp3) is 0.368. The van der Waals surface area contributed by atoms with Crippen LogP contribution in [-0.4, -0.2) is 23.8 Å². The minimum absolute atomic E-state index is 0.640. The number of aliphatic hydroxyl groups is 1. The van der Waals surface area contributed by atoms with Gasteiger partial charge in [0, 0.05) is 0 Å². The zero-order valence-corrected chi connectivity index (χ0v) is 14.3. The molecular formula is C19H26BO2. The lowest BCUT2D eigenvalue weighted by molar-refractivity contribution is -0.0893. The minimum atomic E-state index is -0.902. The molecule has 0 aliphatic rings. The lowest BCUT2D eigenvalue weighted by atomic mass is 9.82. The molecule has 0 spiro atoms. The Morgan fingerprint density at radius 1 is 1.05 bits per heavy atom. The van der Waals surface area contributed by atoms with E-state index in [9.17, 15) is 5.11 Å². The van der Waals surface area contributed by atoms with Crippen molar-refractivity contribution in [1.29, 1.82) is 0 Å². The predicted octanol–water partition coefficient (Wildman–Crippen LogP) is 3.84. The fourth-order valence-electron chi connectivity index (χ4n) is 1.64. The van der Waals surface area contributed by atoms with E-state index in [1.54, 1.807) is 27.4 Å². The quantitative estimate of drug-likeness (QED) is 0.686. The van der Waals surface area contributed by atoms with Crippen LogP contribution in [0.2, 0.25) is 0 Å². The first-order chi connectivity index (χ1) is 10.2. The Bertz CT molecular complexity index is 612. The third-order valence-electron chi connectivity index (χ3n) is 3.74. The van der Waals surface area contributed by atoms with Gasteiger partial charge in [0.15, 0.2) is 0 Å². The second-order valence-electron chi connectivity index (χ2n) is 6.32. The third-order valence-corrected chi connectivity index (χ3v) is 3.74. The van der Waals surface area contributed by atoms with Gasteiger partial charge in [-0.25, -0.2) is 0 Å². The van der Waals surface area contributed by atoms with Crippen LogP contribution in [0, 0.1) is 0 Å². The summed E-state index contributed by atoms with van der Waals surface area (Å²) in [5.41, 5.74) is -0.546. The van der Waals surface area contributed by atoms with Gasteiger partial charge in [-0.05, 0) is 45.4 Å². The van der Waals surface area contributed by atoms with Crippen LogP contribution in [0.15, 0.2) is 55.1 Å². The van der Waals surface area contributed by atoms with E-state index in [-0.39, 0.29) is 0 Å². The summed E-state index contributed by atoms with van der Waals surface area (Å²) in [4.78, 5) is 0. The molecule has 2 nitrogen and oxygen atoms in total. The molecule has 1 radical (unpaired) electrons. The van der Waals surface area contributed by atoms with Crippen LogP contribution in [0.4, 0.5) is 0 Å². The highest BCUT2D eigenvalue weighted by Gasteiger charge is 2.35. The molecule has 117 valence electrons. The molecule has 0 heterocycles. The molecule has 1 N–H and O–H groups in total. The van der Waals surface area contributed by atoms with Crippen molar-refractivity contribution >= 4 is 23.7 Å². The number of fused-ring (bicyclic) bond motifs is 1. The van der Waals surface area contributed by atoms with Crippen LogP contribution in [0.5, 0.6) is 0 Å². The van der Waals surface area contributed by atoms with Crippen LogP contribution >= 0.6 is 0 Å². The average molecular weight is 297 g/mol. The molecule has 2 rings (SSSR count). The van der Waals surface area contributed by atoms with E-state index >= 15 is 0 Å². The highest BCUT2D eigenvalue weighted by Crippen LogP contribution is 2.24. The van der Waals surface area contributed by atoms with Gasteiger partial charge in [-0.15, -0.1) is 6.58 Å². The monoisotopic (exact) mass is 297 g/mol. The summed E-state index contributed by atoms with van der Waals surface area (Å²) in [6.07, 6.45) is 1.75. The van der Waals surface area contributed by atoms with Crippen LogP contribution < -0.4 is 5.46 Å². The number of rotatable bonds is 4. The lowest BCUT2D eigenvalue weighted by Gasteiger charge is -2.37. The maximum absolute atomic E-state index is 10.1. The van der Waals surface area contributed by atoms with Gasteiger partial charge in [0.25, 0.3) is 0 Å². The molecule has 0 fully saturated rings. The molecule has 0 aromatic heterocycles. The van der Waals surface area contributed by atoms with E-state index in [1.165, 1.54) is 10.8 Å². The smallest absolute Gasteiger partial charge is 0.330 e. The van der Waals surface area contributed by atoms with Gasteiger partial charge in [-0.3, -0.25) is 0 Å². The van der Waals surface area contributed by atoms with Crippen molar-refractivity contribution in [3.05, 3.63) is 55.1 Å². The van der Waals surface area contributed by atoms with Gasteiger partial charge in [-0.1, -0.05) is 54.0 Å². The highest BCUT2D eigenvalue weighted by molar-refractivity contribution is 6.47. The van der Waals surface area contributed by atoms with Crippen LogP contribution in [0.1, 0.15) is 34.6 Å². The first-order valence-electron chi connectivity index (χ1n) is 7.50. The zero-order chi connectivity index (χ0) is 16.8. The molecule has 2 aromatic rings. The Kier molecular flexibility index (Phi) is 6.40. The van der Waals surface area contributed by atoms with Gasteiger partial charge >= 0.3 is 7.48 Å². The largest absolute Gasteiger partial charge is 0.427 e. The SMILES string of the molecule is C=CC.CC(C)(O)C(C)(C)O[B]c1ccc2ccccc2c1. The molecule has 2 aromatic carbocycles. The summed E-state index contributed by atoms with van der Waals surface area (Å²) < 4.78 is 5.75. The third kappa shape index (κ3) is 5.01. The van der Waals surface area contributed by atoms with Crippen molar-refractivity contribution in [1.82, 2.24) is 0 Å². The molecule has 22 heavy (non-hydrogen) atoms. The van der Waals surface area contributed by atoms with Crippen molar-refractivity contribution in [2.24, 2.45) is 0 Å². The second-order valence-corrected chi connectivity index (χ2v) is 6.32. The van der Waals surface area contributed by atoms with E-state index < -0.39 is 11.2 Å². The average Bonchev–Trinajstić information content (AvgIpc) is 2.45. The van der Waals surface area contributed by atoms with Crippen LogP contribution in [0.3, 0.4) is 0 Å². The normalized spacial score (nSPS) is 11.5. The van der Waals surface area contributed by atoms with E-state index in [2.05, 4.69) is 30.8 Å². The topological polar surface area (TPSA) is 29.5 Å². The van der Waals surface area contributed by atoms with E-state index in [0.717, 1.165) is 5.46 Å². The molecule has 0 saturated heterocycles. The van der Waals surface area contributed by atoms with Crippen molar-refractivity contribution in [3.63, 3.8) is 0 Å². The van der Waals surface area contributed by atoms with Gasteiger partial charge in [0.1, 0.15) is 0 Å².